The van der Waals surface area contributed by atoms with Gasteiger partial charge in [-0.25, -0.2) is 8.42 Å². The molecule has 1 aromatic rings. The topological polar surface area (TPSA) is 60.4 Å². The molecule has 0 saturated carbocycles. The van der Waals surface area contributed by atoms with Crippen molar-refractivity contribution < 1.29 is 17.9 Å². The number of Topliss-reactive ketones (excluding diaryl/α,β-unsaturated/α-hetero) is 1. The van der Waals surface area contributed by atoms with Crippen molar-refractivity contribution in [3.63, 3.8) is 0 Å². The highest BCUT2D eigenvalue weighted by Gasteiger charge is 2.20. The highest BCUT2D eigenvalue weighted by atomic mass is 32.2. The minimum Gasteiger partial charge on any atom is -0.492 e. The van der Waals surface area contributed by atoms with Crippen LogP contribution in [0, 0.1) is 6.92 Å². The summed E-state index contributed by atoms with van der Waals surface area (Å²) in [6.45, 7) is 4.12. The SMILES string of the molecule is CCOc1cc(C)sc1C(=O)CS(C)(=O)=O. The van der Waals surface area contributed by atoms with E-state index in [2.05, 4.69) is 0 Å². The fraction of sp³-hybridized carbons (Fsp3) is 0.500. The summed E-state index contributed by atoms with van der Waals surface area (Å²) in [6.07, 6.45) is 1.05. The minimum atomic E-state index is -3.29. The summed E-state index contributed by atoms with van der Waals surface area (Å²) in [7, 11) is -3.29. The Balaban J connectivity index is 2.98. The van der Waals surface area contributed by atoms with E-state index in [0.29, 0.717) is 17.2 Å². The Morgan fingerprint density at radius 2 is 2.12 bits per heavy atom. The van der Waals surface area contributed by atoms with Crippen molar-refractivity contribution >= 4 is 27.0 Å². The zero-order chi connectivity index (χ0) is 12.3. The molecule has 1 rings (SSSR count). The third-order valence-electron chi connectivity index (χ3n) is 1.77. The van der Waals surface area contributed by atoms with Gasteiger partial charge in [0.25, 0.3) is 0 Å². The summed E-state index contributed by atoms with van der Waals surface area (Å²) in [5.41, 5.74) is 0. The van der Waals surface area contributed by atoms with Crippen LogP contribution in [0.4, 0.5) is 0 Å². The number of aryl methyl sites for hydroxylation is 1. The van der Waals surface area contributed by atoms with Crippen molar-refractivity contribution in [2.24, 2.45) is 0 Å². The van der Waals surface area contributed by atoms with Crippen LogP contribution in [0.2, 0.25) is 0 Å². The molecule has 90 valence electrons. The molecule has 0 unspecified atom stereocenters. The molecule has 1 heterocycles. The lowest BCUT2D eigenvalue weighted by Gasteiger charge is -2.02. The highest BCUT2D eigenvalue weighted by molar-refractivity contribution is 7.91. The minimum absolute atomic E-state index is 0.393. The Hall–Kier alpha value is -0.880. The van der Waals surface area contributed by atoms with Gasteiger partial charge in [0.05, 0.1) is 6.61 Å². The van der Waals surface area contributed by atoms with E-state index in [1.165, 1.54) is 11.3 Å². The van der Waals surface area contributed by atoms with Gasteiger partial charge in [0.2, 0.25) is 0 Å². The van der Waals surface area contributed by atoms with Gasteiger partial charge in [0.1, 0.15) is 16.4 Å². The standard InChI is InChI=1S/C10H14O4S2/c1-4-14-9-5-7(2)15-10(9)8(11)6-16(3,12)13/h5H,4,6H2,1-3H3. The van der Waals surface area contributed by atoms with Gasteiger partial charge < -0.3 is 4.74 Å². The third kappa shape index (κ3) is 3.61. The van der Waals surface area contributed by atoms with Crippen molar-refractivity contribution in [3.05, 3.63) is 15.8 Å². The van der Waals surface area contributed by atoms with Crippen LogP contribution >= 0.6 is 11.3 Å². The van der Waals surface area contributed by atoms with Gasteiger partial charge in [-0.2, -0.15) is 0 Å². The zero-order valence-corrected chi connectivity index (χ0v) is 11.1. The number of ketones is 1. The van der Waals surface area contributed by atoms with Gasteiger partial charge >= 0.3 is 0 Å². The Morgan fingerprint density at radius 3 is 2.62 bits per heavy atom. The van der Waals surface area contributed by atoms with Crippen LogP contribution in [0.1, 0.15) is 21.5 Å². The van der Waals surface area contributed by atoms with Gasteiger partial charge in [0, 0.05) is 11.1 Å². The Labute approximate surface area is 99.2 Å². The normalized spacial score (nSPS) is 11.4. The molecule has 0 aliphatic rings. The van der Waals surface area contributed by atoms with Gasteiger partial charge in [-0.05, 0) is 19.9 Å². The molecule has 1 aromatic heterocycles. The second-order valence-electron chi connectivity index (χ2n) is 3.48. The molecule has 0 fully saturated rings. The first-order chi connectivity index (χ1) is 7.33. The molecule has 16 heavy (non-hydrogen) atoms. The van der Waals surface area contributed by atoms with Crippen molar-refractivity contribution in [3.8, 4) is 5.75 Å². The molecular weight excluding hydrogens is 248 g/mol. The van der Waals surface area contributed by atoms with Crippen molar-refractivity contribution in [2.75, 3.05) is 18.6 Å². The fourth-order valence-corrected chi connectivity index (χ4v) is 2.86. The molecule has 0 saturated heterocycles. The van der Waals surface area contributed by atoms with Gasteiger partial charge in [-0.3, -0.25) is 4.79 Å². The molecule has 0 aliphatic carbocycles. The van der Waals surface area contributed by atoms with Crippen molar-refractivity contribution in [1.29, 1.82) is 0 Å². The first-order valence-corrected chi connectivity index (χ1v) is 7.65. The molecule has 0 radical (unpaired) electrons. The number of hydrogen-bond donors (Lipinski definition) is 0. The lowest BCUT2D eigenvalue weighted by molar-refractivity contribution is 0.102. The van der Waals surface area contributed by atoms with Crippen molar-refractivity contribution in [1.82, 2.24) is 0 Å². The molecule has 0 aromatic carbocycles. The maximum atomic E-state index is 11.7. The molecule has 0 N–H and O–H groups in total. The van der Waals surface area contributed by atoms with E-state index < -0.39 is 21.4 Å². The van der Waals surface area contributed by atoms with Crippen LogP contribution in [0.15, 0.2) is 6.07 Å². The van der Waals surface area contributed by atoms with E-state index in [1.54, 1.807) is 6.07 Å². The summed E-state index contributed by atoms with van der Waals surface area (Å²) in [4.78, 5) is 13.0. The second kappa shape index (κ2) is 4.97. The number of carbonyl (C=O) groups is 1. The van der Waals surface area contributed by atoms with Crippen LogP contribution in [0.3, 0.4) is 0 Å². The maximum Gasteiger partial charge on any atom is 0.191 e. The van der Waals surface area contributed by atoms with Crippen LogP contribution in [-0.4, -0.2) is 32.8 Å². The molecule has 6 heteroatoms. The summed E-state index contributed by atoms with van der Waals surface area (Å²) in [5.74, 6) is -0.379. The van der Waals surface area contributed by atoms with E-state index in [9.17, 15) is 13.2 Å². The number of rotatable bonds is 5. The maximum absolute atomic E-state index is 11.7. The fourth-order valence-electron chi connectivity index (χ4n) is 1.25. The van der Waals surface area contributed by atoms with Crippen LogP contribution in [0.25, 0.3) is 0 Å². The molecule has 0 aliphatic heterocycles. The van der Waals surface area contributed by atoms with Crippen LogP contribution in [0.5, 0.6) is 5.75 Å². The zero-order valence-electron chi connectivity index (χ0n) is 9.44. The van der Waals surface area contributed by atoms with Crippen molar-refractivity contribution in [2.45, 2.75) is 13.8 Å². The molecule has 0 bridgehead atoms. The Kier molecular flexibility index (Phi) is 4.09. The number of thiophene rings is 1. The monoisotopic (exact) mass is 262 g/mol. The number of carbonyl (C=O) groups excluding carboxylic acids is 1. The average molecular weight is 262 g/mol. The van der Waals surface area contributed by atoms with E-state index in [1.807, 2.05) is 13.8 Å². The van der Waals surface area contributed by atoms with Gasteiger partial charge in [0.15, 0.2) is 15.6 Å². The van der Waals surface area contributed by atoms with E-state index in [4.69, 9.17) is 4.74 Å². The summed E-state index contributed by atoms with van der Waals surface area (Å²) < 4.78 is 27.4. The lowest BCUT2D eigenvalue weighted by atomic mass is 10.3. The third-order valence-corrected chi connectivity index (χ3v) is 3.63. The predicted molar refractivity (Wildman–Crippen MR) is 64.3 cm³/mol. The van der Waals surface area contributed by atoms with E-state index >= 15 is 0 Å². The summed E-state index contributed by atoms with van der Waals surface area (Å²) >= 11 is 1.26. The first-order valence-electron chi connectivity index (χ1n) is 4.77. The molecule has 0 atom stereocenters. The van der Waals surface area contributed by atoms with E-state index in [-0.39, 0.29) is 0 Å². The smallest absolute Gasteiger partial charge is 0.191 e. The summed E-state index contributed by atoms with van der Waals surface area (Å²) in [6, 6.07) is 1.75. The van der Waals surface area contributed by atoms with Gasteiger partial charge in [-0.15, -0.1) is 11.3 Å². The summed E-state index contributed by atoms with van der Waals surface area (Å²) in [5, 5.41) is 0. The molecule has 4 nitrogen and oxygen atoms in total. The van der Waals surface area contributed by atoms with Crippen LogP contribution in [-0.2, 0) is 9.84 Å². The van der Waals surface area contributed by atoms with E-state index in [0.717, 1.165) is 11.1 Å². The molecular formula is C10H14O4S2. The average Bonchev–Trinajstić information content (AvgIpc) is 2.44. The Morgan fingerprint density at radius 1 is 1.50 bits per heavy atom. The van der Waals surface area contributed by atoms with Crippen LogP contribution < -0.4 is 4.74 Å². The molecule has 0 amide bonds. The number of hydrogen-bond acceptors (Lipinski definition) is 5. The Bertz CT molecular complexity index is 485. The number of ether oxygens (including phenoxy) is 1. The first kappa shape index (κ1) is 13.2. The predicted octanol–water partition coefficient (Wildman–Crippen LogP) is 1.68. The second-order valence-corrected chi connectivity index (χ2v) is 6.87. The highest BCUT2D eigenvalue weighted by Crippen LogP contribution is 2.29. The number of sulfone groups is 1. The quantitative estimate of drug-likeness (QED) is 0.757. The lowest BCUT2D eigenvalue weighted by Crippen LogP contribution is -2.14. The largest absolute Gasteiger partial charge is 0.492 e. The van der Waals surface area contributed by atoms with Gasteiger partial charge in [-0.1, -0.05) is 0 Å². The molecule has 0 spiro atoms.